The Balaban J connectivity index is 1.46. The summed E-state index contributed by atoms with van der Waals surface area (Å²) in [6.45, 7) is 6.51. The van der Waals surface area contributed by atoms with Crippen LogP contribution in [-0.2, 0) is 11.3 Å². The van der Waals surface area contributed by atoms with Crippen LogP contribution in [0.3, 0.4) is 0 Å². The van der Waals surface area contributed by atoms with Crippen molar-refractivity contribution < 1.29 is 13.9 Å². The van der Waals surface area contributed by atoms with Crippen molar-refractivity contribution in [1.29, 1.82) is 0 Å². The summed E-state index contributed by atoms with van der Waals surface area (Å²) in [6, 6.07) is 8.63. The number of anilines is 1. The second-order valence-electron chi connectivity index (χ2n) is 7.03. The molecule has 4 rings (SSSR count). The summed E-state index contributed by atoms with van der Waals surface area (Å²) in [7, 11) is 0. The first-order chi connectivity index (χ1) is 13.5. The molecular weight excluding hydrogens is 378 g/mol. The van der Waals surface area contributed by atoms with E-state index in [1.807, 2.05) is 11.4 Å². The number of para-hydroxylation sites is 1. The van der Waals surface area contributed by atoms with Gasteiger partial charge in [-0.1, -0.05) is 18.2 Å². The van der Waals surface area contributed by atoms with Gasteiger partial charge in [0.25, 0.3) is 5.91 Å². The van der Waals surface area contributed by atoms with Crippen LogP contribution >= 0.6 is 11.3 Å². The highest BCUT2D eigenvalue weighted by atomic mass is 32.1. The molecular formula is C20H21N3O4S. The minimum atomic E-state index is -0.663. The van der Waals surface area contributed by atoms with Crippen molar-refractivity contribution in [3.05, 3.63) is 57.4 Å². The van der Waals surface area contributed by atoms with Crippen LogP contribution in [0.2, 0.25) is 0 Å². The second kappa shape index (κ2) is 7.83. The Kier molecular flexibility index (Phi) is 5.25. The number of hydrogen-bond acceptors (Lipinski definition) is 7. The van der Waals surface area contributed by atoms with Crippen molar-refractivity contribution in [3.8, 4) is 0 Å². The molecule has 7 nitrogen and oxygen atoms in total. The number of morpholine rings is 1. The smallest absolute Gasteiger partial charge is 0.349 e. The number of nitrogens with one attached hydrogen (secondary N) is 1. The lowest BCUT2D eigenvalue weighted by Crippen LogP contribution is -2.44. The van der Waals surface area contributed by atoms with Crippen LogP contribution in [-0.4, -0.2) is 41.1 Å². The summed E-state index contributed by atoms with van der Waals surface area (Å²) < 4.78 is 11.0. The molecule has 1 fully saturated rings. The lowest BCUT2D eigenvalue weighted by atomic mass is 10.2. The number of benzene rings is 1. The molecule has 0 spiro atoms. The molecule has 1 N–H and O–H groups in total. The SMILES string of the molecule is CC1CN(Cc2csc(NC(=O)c3cc4ccccc4oc3=O)n2)CC(C)O1. The number of aromatic nitrogens is 1. The Morgan fingerprint density at radius 1 is 1.29 bits per heavy atom. The quantitative estimate of drug-likeness (QED) is 0.679. The fourth-order valence-electron chi connectivity index (χ4n) is 3.46. The maximum absolute atomic E-state index is 12.5. The second-order valence-corrected chi connectivity index (χ2v) is 7.89. The van der Waals surface area contributed by atoms with E-state index in [2.05, 4.69) is 29.0 Å². The predicted molar refractivity (Wildman–Crippen MR) is 108 cm³/mol. The molecule has 3 aromatic rings. The van der Waals surface area contributed by atoms with Crippen LogP contribution in [0.1, 0.15) is 29.9 Å². The van der Waals surface area contributed by atoms with E-state index < -0.39 is 11.5 Å². The molecule has 28 heavy (non-hydrogen) atoms. The summed E-state index contributed by atoms with van der Waals surface area (Å²) in [5.41, 5.74) is 0.636. The minimum Gasteiger partial charge on any atom is -0.422 e. The fourth-order valence-corrected chi connectivity index (χ4v) is 4.16. The monoisotopic (exact) mass is 399 g/mol. The van der Waals surface area contributed by atoms with Gasteiger partial charge < -0.3 is 9.15 Å². The molecule has 1 aliphatic rings. The number of hydrogen-bond donors (Lipinski definition) is 1. The number of rotatable bonds is 4. The van der Waals surface area contributed by atoms with E-state index in [1.54, 1.807) is 24.3 Å². The number of carbonyl (C=O) groups excluding carboxylic acids is 1. The van der Waals surface area contributed by atoms with Crippen molar-refractivity contribution in [3.63, 3.8) is 0 Å². The molecule has 1 aliphatic heterocycles. The van der Waals surface area contributed by atoms with E-state index in [-0.39, 0.29) is 17.8 Å². The highest BCUT2D eigenvalue weighted by molar-refractivity contribution is 7.14. The fraction of sp³-hybridized carbons (Fsp3) is 0.350. The molecule has 0 aliphatic carbocycles. The van der Waals surface area contributed by atoms with Gasteiger partial charge in [0.15, 0.2) is 5.13 Å². The Morgan fingerprint density at radius 3 is 2.82 bits per heavy atom. The Labute approximate surface area is 165 Å². The predicted octanol–water partition coefficient (Wildman–Crippen LogP) is 3.11. The van der Waals surface area contributed by atoms with E-state index >= 15 is 0 Å². The zero-order valence-corrected chi connectivity index (χ0v) is 16.5. The molecule has 0 bridgehead atoms. The third-order valence-electron chi connectivity index (χ3n) is 4.54. The summed E-state index contributed by atoms with van der Waals surface area (Å²) >= 11 is 1.34. The molecule has 2 atom stereocenters. The normalized spacial score (nSPS) is 20.4. The highest BCUT2D eigenvalue weighted by Crippen LogP contribution is 2.20. The van der Waals surface area contributed by atoms with E-state index in [0.717, 1.165) is 18.8 Å². The molecule has 2 unspecified atom stereocenters. The largest absolute Gasteiger partial charge is 0.422 e. The van der Waals surface area contributed by atoms with Gasteiger partial charge in [0, 0.05) is 30.4 Å². The maximum atomic E-state index is 12.5. The lowest BCUT2D eigenvalue weighted by Gasteiger charge is -2.34. The van der Waals surface area contributed by atoms with Crippen molar-refractivity contribution >= 4 is 33.3 Å². The van der Waals surface area contributed by atoms with Gasteiger partial charge >= 0.3 is 5.63 Å². The summed E-state index contributed by atoms with van der Waals surface area (Å²) in [5, 5.41) is 5.78. The standard InChI is InChI=1S/C20H21N3O4S/c1-12-8-23(9-13(2)26-12)10-15-11-28-20(21-15)22-18(24)16-7-14-5-3-4-6-17(14)27-19(16)25/h3-7,11-13H,8-10H2,1-2H3,(H,21,22,24). The molecule has 8 heteroatoms. The van der Waals surface area contributed by atoms with Crippen LogP contribution < -0.4 is 10.9 Å². The topological polar surface area (TPSA) is 84.7 Å². The zero-order valence-electron chi connectivity index (χ0n) is 15.7. The van der Waals surface area contributed by atoms with Gasteiger partial charge in [0.2, 0.25) is 0 Å². The van der Waals surface area contributed by atoms with E-state index in [0.29, 0.717) is 22.6 Å². The third kappa shape index (κ3) is 4.14. The first kappa shape index (κ1) is 18.8. The molecule has 1 amide bonds. The minimum absolute atomic E-state index is 0.0359. The first-order valence-corrected chi connectivity index (χ1v) is 10.0. The number of carbonyl (C=O) groups is 1. The zero-order chi connectivity index (χ0) is 19.7. The molecule has 1 saturated heterocycles. The molecule has 0 saturated carbocycles. The van der Waals surface area contributed by atoms with E-state index in [4.69, 9.17) is 9.15 Å². The van der Waals surface area contributed by atoms with Crippen LogP contribution in [0.4, 0.5) is 5.13 Å². The maximum Gasteiger partial charge on any atom is 0.349 e. The number of thiazole rings is 1. The summed E-state index contributed by atoms with van der Waals surface area (Å²) in [6.07, 6.45) is 0.377. The lowest BCUT2D eigenvalue weighted by molar-refractivity contribution is -0.0707. The highest BCUT2D eigenvalue weighted by Gasteiger charge is 2.23. The van der Waals surface area contributed by atoms with Gasteiger partial charge in [-0.3, -0.25) is 15.0 Å². The van der Waals surface area contributed by atoms with Crippen molar-refractivity contribution in [2.45, 2.75) is 32.6 Å². The number of nitrogens with zero attached hydrogens (tertiary/aromatic N) is 2. The first-order valence-electron chi connectivity index (χ1n) is 9.14. The Morgan fingerprint density at radius 2 is 2.04 bits per heavy atom. The van der Waals surface area contributed by atoms with Crippen LogP contribution in [0.5, 0.6) is 0 Å². The number of amides is 1. The Bertz CT molecular complexity index is 1050. The van der Waals surface area contributed by atoms with Crippen molar-refractivity contribution in [1.82, 2.24) is 9.88 Å². The molecule has 0 radical (unpaired) electrons. The van der Waals surface area contributed by atoms with Gasteiger partial charge in [-0.15, -0.1) is 11.3 Å². The third-order valence-corrected chi connectivity index (χ3v) is 5.35. The number of fused-ring (bicyclic) bond motifs is 1. The van der Waals surface area contributed by atoms with E-state index in [9.17, 15) is 9.59 Å². The van der Waals surface area contributed by atoms with Gasteiger partial charge in [-0.2, -0.15) is 0 Å². The Hall–Kier alpha value is -2.55. The van der Waals surface area contributed by atoms with Crippen LogP contribution in [0, 0.1) is 0 Å². The average molecular weight is 399 g/mol. The molecule has 1 aromatic carbocycles. The van der Waals surface area contributed by atoms with Gasteiger partial charge in [-0.25, -0.2) is 9.78 Å². The molecule has 2 aromatic heterocycles. The van der Waals surface area contributed by atoms with Crippen LogP contribution in [0.15, 0.2) is 44.9 Å². The van der Waals surface area contributed by atoms with Gasteiger partial charge in [0.05, 0.1) is 17.9 Å². The van der Waals surface area contributed by atoms with Gasteiger partial charge in [-0.05, 0) is 26.0 Å². The summed E-state index contributed by atoms with van der Waals surface area (Å²) in [4.78, 5) is 31.4. The van der Waals surface area contributed by atoms with Gasteiger partial charge in [0.1, 0.15) is 11.1 Å². The molecule has 146 valence electrons. The van der Waals surface area contributed by atoms with Crippen molar-refractivity contribution in [2.75, 3.05) is 18.4 Å². The summed E-state index contributed by atoms with van der Waals surface area (Å²) in [5.74, 6) is -0.519. The van der Waals surface area contributed by atoms with E-state index in [1.165, 1.54) is 11.3 Å². The average Bonchev–Trinajstić information content (AvgIpc) is 3.06. The van der Waals surface area contributed by atoms with Crippen molar-refractivity contribution in [2.24, 2.45) is 0 Å². The number of ether oxygens (including phenoxy) is 1. The molecule has 3 heterocycles. The van der Waals surface area contributed by atoms with Crippen LogP contribution in [0.25, 0.3) is 11.0 Å².